The topological polar surface area (TPSA) is 162 Å². The van der Waals surface area contributed by atoms with Crippen LogP contribution in [0.4, 0.5) is 34.6 Å². The maximum absolute atomic E-state index is 10.9. The lowest BCUT2D eigenvalue weighted by Crippen LogP contribution is -2.08. The van der Waals surface area contributed by atoms with Crippen LogP contribution < -0.4 is 16.4 Å². The zero-order valence-corrected chi connectivity index (χ0v) is 11.3. The highest BCUT2D eigenvalue weighted by molar-refractivity contribution is 5.71. The molecule has 4 N–H and O–H groups in total. The fourth-order valence-corrected chi connectivity index (χ4v) is 1.68. The standard InChI is InChI=1S/C11H11N7O4/c1-13-10-8(18(21)22)9(12)15-11(16-10)14-6-2-4-7(5-3-6)17(19)20/h2-5H,1H3,(H4,12,13,14,15,16). The summed E-state index contributed by atoms with van der Waals surface area (Å²) < 4.78 is 0. The van der Waals surface area contributed by atoms with Crippen molar-refractivity contribution in [2.45, 2.75) is 0 Å². The van der Waals surface area contributed by atoms with Crippen LogP contribution >= 0.6 is 0 Å². The Balaban J connectivity index is 2.32. The van der Waals surface area contributed by atoms with Gasteiger partial charge in [0.05, 0.1) is 9.85 Å². The number of non-ortho nitro benzene ring substituents is 1. The van der Waals surface area contributed by atoms with Gasteiger partial charge in [-0.25, -0.2) is 0 Å². The van der Waals surface area contributed by atoms with Gasteiger partial charge < -0.3 is 16.4 Å². The van der Waals surface area contributed by atoms with Gasteiger partial charge in [-0.15, -0.1) is 0 Å². The van der Waals surface area contributed by atoms with E-state index in [1.807, 2.05) is 0 Å². The SMILES string of the molecule is CNc1nc(Nc2ccc([N+](=O)[O-])cc2)nc(N)c1[N+](=O)[O-]. The first kappa shape index (κ1) is 14.9. The largest absolute Gasteiger partial charge is 0.378 e. The molecule has 1 heterocycles. The summed E-state index contributed by atoms with van der Waals surface area (Å²) in [4.78, 5) is 28.0. The number of nitrogens with two attached hydrogens (primary N) is 1. The van der Waals surface area contributed by atoms with Gasteiger partial charge in [-0.3, -0.25) is 20.2 Å². The third kappa shape index (κ3) is 2.98. The molecule has 0 aliphatic heterocycles. The van der Waals surface area contributed by atoms with E-state index in [1.54, 1.807) is 0 Å². The van der Waals surface area contributed by atoms with Crippen molar-refractivity contribution in [3.8, 4) is 0 Å². The molecule has 0 atom stereocenters. The summed E-state index contributed by atoms with van der Waals surface area (Å²) in [5, 5.41) is 26.8. The van der Waals surface area contributed by atoms with Crippen molar-refractivity contribution >= 4 is 34.6 Å². The summed E-state index contributed by atoms with van der Waals surface area (Å²) in [6.45, 7) is 0. The van der Waals surface area contributed by atoms with Gasteiger partial charge in [-0.2, -0.15) is 9.97 Å². The van der Waals surface area contributed by atoms with Gasteiger partial charge in [0.2, 0.25) is 17.6 Å². The van der Waals surface area contributed by atoms with Crippen molar-refractivity contribution in [3.05, 3.63) is 44.5 Å². The van der Waals surface area contributed by atoms with Crippen LogP contribution in [0.5, 0.6) is 0 Å². The van der Waals surface area contributed by atoms with Crippen molar-refractivity contribution < 1.29 is 9.85 Å². The Labute approximate surface area is 123 Å². The second-order valence-corrected chi connectivity index (χ2v) is 4.07. The van der Waals surface area contributed by atoms with E-state index in [9.17, 15) is 20.2 Å². The number of hydrogen-bond donors (Lipinski definition) is 3. The molecule has 1 aromatic carbocycles. The molecular formula is C11H11N7O4. The summed E-state index contributed by atoms with van der Waals surface area (Å²) >= 11 is 0. The number of benzene rings is 1. The van der Waals surface area contributed by atoms with E-state index in [4.69, 9.17) is 5.73 Å². The lowest BCUT2D eigenvalue weighted by Gasteiger charge is -2.08. The summed E-state index contributed by atoms with van der Waals surface area (Å²) in [5.74, 6) is -0.308. The van der Waals surface area contributed by atoms with E-state index in [0.29, 0.717) is 5.69 Å². The Bertz CT molecular complexity index is 732. The van der Waals surface area contributed by atoms with Crippen molar-refractivity contribution in [3.63, 3.8) is 0 Å². The lowest BCUT2D eigenvalue weighted by atomic mass is 10.3. The number of nitro benzene ring substituents is 1. The maximum atomic E-state index is 10.9. The predicted octanol–water partition coefficient (Wildman–Crippen LogP) is 1.66. The monoisotopic (exact) mass is 305 g/mol. The first-order chi connectivity index (χ1) is 10.4. The van der Waals surface area contributed by atoms with Crippen LogP contribution in [0.2, 0.25) is 0 Å². The average Bonchev–Trinajstić information content (AvgIpc) is 2.46. The first-order valence-corrected chi connectivity index (χ1v) is 5.93. The first-order valence-electron chi connectivity index (χ1n) is 5.93. The molecular weight excluding hydrogens is 294 g/mol. The molecule has 2 aromatic rings. The second-order valence-electron chi connectivity index (χ2n) is 4.07. The number of hydrogen-bond acceptors (Lipinski definition) is 9. The van der Waals surface area contributed by atoms with E-state index in [1.165, 1.54) is 31.3 Å². The number of nitrogens with zero attached hydrogens (tertiary/aromatic N) is 4. The number of nitrogen functional groups attached to an aromatic ring is 1. The molecule has 114 valence electrons. The quantitative estimate of drug-likeness (QED) is 0.550. The highest BCUT2D eigenvalue weighted by Crippen LogP contribution is 2.29. The Morgan fingerprint density at radius 3 is 2.23 bits per heavy atom. The van der Waals surface area contributed by atoms with E-state index in [2.05, 4.69) is 20.6 Å². The zero-order chi connectivity index (χ0) is 16.3. The molecule has 2 rings (SSSR count). The highest BCUT2D eigenvalue weighted by Gasteiger charge is 2.22. The molecule has 11 nitrogen and oxygen atoms in total. The summed E-state index contributed by atoms with van der Waals surface area (Å²) in [5.41, 5.74) is 5.54. The number of nitrogens with one attached hydrogen (secondary N) is 2. The van der Waals surface area contributed by atoms with Gasteiger partial charge in [0, 0.05) is 24.9 Å². The molecule has 11 heteroatoms. The molecule has 0 amide bonds. The van der Waals surface area contributed by atoms with Crippen LogP contribution in [0.3, 0.4) is 0 Å². The number of anilines is 4. The van der Waals surface area contributed by atoms with Crippen molar-refractivity contribution in [1.29, 1.82) is 0 Å². The minimum Gasteiger partial charge on any atom is -0.378 e. The Morgan fingerprint density at radius 1 is 1.09 bits per heavy atom. The zero-order valence-electron chi connectivity index (χ0n) is 11.3. The minimum absolute atomic E-state index is 0.0290. The van der Waals surface area contributed by atoms with E-state index in [-0.39, 0.29) is 23.3 Å². The third-order valence-electron chi connectivity index (χ3n) is 2.66. The molecule has 0 saturated carbocycles. The van der Waals surface area contributed by atoms with Crippen molar-refractivity contribution in [1.82, 2.24) is 9.97 Å². The number of nitro groups is 2. The Morgan fingerprint density at radius 2 is 1.73 bits per heavy atom. The molecule has 0 aliphatic rings. The van der Waals surface area contributed by atoms with E-state index < -0.39 is 15.5 Å². The summed E-state index contributed by atoms with van der Waals surface area (Å²) in [6, 6.07) is 5.52. The molecule has 0 unspecified atom stereocenters. The van der Waals surface area contributed by atoms with E-state index >= 15 is 0 Å². The molecule has 0 bridgehead atoms. The van der Waals surface area contributed by atoms with Crippen LogP contribution in [0.25, 0.3) is 0 Å². The summed E-state index contributed by atoms with van der Waals surface area (Å²) in [7, 11) is 1.46. The van der Waals surface area contributed by atoms with Crippen LogP contribution in [0.15, 0.2) is 24.3 Å². The van der Waals surface area contributed by atoms with Gasteiger partial charge in [-0.05, 0) is 12.1 Å². The predicted molar refractivity (Wildman–Crippen MR) is 79.0 cm³/mol. The molecule has 1 aromatic heterocycles. The van der Waals surface area contributed by atoms with Gasteiger partial charge in [0.15, 0.2) is 0 Å². The van der Waals surface area contributed by atoms with Crippen LogP contribution in [0.1, 0.15) is 0 Å². The fourth-order valence-electron chi connectivity index (χ4n) is 1.68. The maximum Gasteiger partial charge on any atom is 0.353 e. The van der Waals surface area contributed by atoms with Crippen molar-refractivity contribution in [2.75, 3.05) is 23.4 Å². The molecule has 0 aliphatic carbocycles. The second kappa shape index (κ2) is 5.87. The van der Waals surface area contributed by atoms with Crippen LogP contribution in [-0.2, 0) is 0 Å². The molecule has 0 saturated heterocycles. The molecule has 0 spiro atoms. The molecule has 0 radical (unpaired) electrons. The van der Waals surface area contributed by atoms with Crippen molar-refractivity contribution in [2.24, 2.45) is 0 Å². The Kier molecular flexibility index (Phi) is 3.97. The average molecular weight is 305 g/mol. The Hall–Kier alpha value is -3.50. The highest BCUT2D eigenvalue weighted by atomic mass is 16.6. The van der Waals surface area contributed by atoms with Gasteiger partial charge >= 0.3 is 5.69 Å². The molecule has 0 fully saturated rings. The fraction of sp³-hybridized carbons (Fsp3) is 0.0909. The minimum atomic E-state index is -0.684. The third-order valence-corrected chi connectivity index (χ3v) is 2.66. The van der Waals surface area contributed by atoms with Crippen LogP contribution in [0, 0.1) is 20.2 Å². The number of rotatable bonds is 5. The molecule has 22 heavy (non-hydrogen) atoms. The number of aromatic nitrogens is 2. The normalized spacial score (nSPS) is 10.0. The lowest BCUT2D eigenvalue weighted by molar-refractivity contribution is -0.384. The van der Waals surface area contributed by atoms with E-state index in [0.717, 1.165) is 0 Å². The van der Waals surface area contributed by atoms with Gasteiger partial charge in [0.25, 0.3) is 5.69 Å². The summed E-state index contributed by atoms with van der Waals surface area (Å²) in [6.07, 6.45) is 0. The van der Waals surface area contributed by atoms with Crippen LogP contribution in [-0.4, -0.2) is 26.9 Å². The smallest absolute Gasteiger partial charge is 0.353 e. The van der Waals surface area contributed by atoms with Gasteiger partial charge in [0.1, 0.15) is 0 Å². The van der Waals surface area contributed by atoms with Gasteiger partial charge in [-0.1, -0.05) is 0 Å².